The molecule has 0 spiro atoms. The first-order valence-electron chi connectivity index (χ1n) is 6.90. The van der Waals surface area contributed by atoms with E-state index in [0.717, 1.165) is 17.8 Å². The molecule has 0 aliphatic carbocycles. The van der Waals surface area contributed by atoms with Crippen molar-refractivity contribution in [1.82, 2.24) is 5.32 Å². The second-order valence-corrected chi connectivity index (χ2v) is 4.43. The number of unbranched alkanes of at least 4 members (excludes halogenated alkanes) is 3. The maximum atomic E-state index is 11.7. The van der Waals surface area contributed by atoms with Gasteiger partial charge in [-0.25, -0.2) is 0 Å². The molecule has 0 saturated carbocycles. The zero-order valence-corrected chi connectivity index (χ0v) is 11.5. The standard InChI is InChI=1S/C15H24N2O/c1-3-5-6-7-11-17-14-10-8-9-13(12-14)15(18)16-4-2/h8-10,12,17H,3-7,11H2,1-2H3,(H,16,18). The van der Waals surface area contributed by atoms with E-state index in [-0.39, 0.29) is 5.91 Å². The van der Waals surface area contributed by atoms with Crippen LogP contribution in [0.3, 0.4) is 0 Å². The molecule has 0 radical (unpaired) electrons. The van der Waals surface area contributed by atoms with E-state index in [4.69, 9.17) is 0 Å². The van der Waals surface area contributed by atoms with Crippen LogP contribution >= 0.6 is 0 Å². The van der Waals surface area contributed by atoms with Crippen LogP contribution in [0.2, 0.25) is 0 Å². The molecule has 1 rings (SSSR count). The summed E-state index contributed by atoms with van der Waals surface area (Å²) in [6, 6.07) is 7.67. The fourth-order valence-corrected chi connectivity index (χ4v) is 1.82. The fraction of sp³-hybridized carbons (Fsp3) is 0.533. The van der Waals surface area contributed by atoms with E-state index < -0.39 is 0 Å². The quantitative estimate of drug-likeness (QED) is 0.692. The molecule has 0 aliphatic rings. The molecule has 18 heavy (non-hydrogen) atoms. The SMILES string of the molecule is CCCCCCNc1cccc(C(=O)NCC)c1. The lowest BCUT2D eigenvalue weighted by atomic mass is 10.1. The first kappa shape index (κ1) is 14.6. The topological polar surface area (TPSA) is 41.1 Å². The van der Waals surface area contributed by atoms with Gasteiger partial charge < -0.3 is 10.6 Å². The zero-order valence-electron chi connectivity index (χ0n) is 11.5. The van der Waals surface area contributed by atoms with E-state index in [9.17, 15) is 4.79 Å². The molecule has 1 aromatic carbocycles. The molecule has 1 aromatic rings. The molecular formula is C15H24N2O. The molecule has 100 valence electrons. The molecule has 3 heteroatoms. The summed E-state index contributed by atoms with van der Waals surface area (Å²) >= 11 is 0. The van der Waals surface area contributed by atoms with Crippen LogP contribution in [0.15, 0.2) is 24.3 Å². The highest BCUT2D eigenvalue weighted by atomic mass is 16.1. The van der Waals surface area contributed by atoms with E-state index in [1.165, 1.54) is 25.7 Å². The van der Waals surface area contributed by atoms with Crippen LogP contribution in [-0.2, 0) is 0 Å². The number of nitrogens with one attached hydrogen (secondary N) is 2. The first-order chi connectivity index (χ1) is 8.77. The number of carbonyl (C=O) groups is 1. The molecule has 3 nitrogen and oxygen atoms in total. The Labute approximate surface area is 110 Å². The Balaban J connectivity index is 2.42. The summed E-state index contributed by atoms with van der Waals surface area (Å²) in [4.78, 5) is 11.7. The van der Waals surface area contributed by atoms with Crippen molar-refractivity contribution in [3.63, 3.8) is 0 Å². The van der Waals surface area contributed by atoms with Gasteiger partial charge in [-0.05, 0) is 31.5 Å². The van der Waals surface area contributed by atoms with Gasteiger partial charge in [-0.1, -0.05) is 32.3 Å². The van der Waals surface area contributed by atoms with Crippen LogP contribution in [0.25, 0.3) is 0 Å². The average molecular weight is 248 g/mol. The third-order valence-corrected chi connectivity index (χ3v) is 2.82. The Hall–Kier alpha value is -1.51. The zero-order chi connectivity index (χ0) is 13.2. The summed E-state index contributed by atoms with van der Waals surface area (Å²) < 4.78 is 0. The van der Waals surface area contributed by atoms with Gasteiger partial charge in [0.2, 0.25) is 0 Å². The minimum Gasteiger partial charge on any atom is -0.385 e. The van der Waals surface area contributed by atoms with Crippen LogP contribution < -0.4 is 10.6 Å². The monoisotopic (exact) mass is 248 g/mol. The predicted octanol–water partition coefficient (Wildman–Crippen LogP) is 3.43. The van der Waals surface area contributed by atoms with E-state index in [0.29, 0.717) is 6.54 Å². The molecule has 0 saturated heterocycles. The molecule has 0 bridgehead atoms. The summed E-state index contributed by atoms with van der Waals surface area (Å²) in [5.74, 6) is -0.00728. The summed E-state index contributed by atoms with van der Waals surface area (Å²) in [7, 11) is 0. The minimum absolute atomic E-state index is 0.00728. The second-order valence-electron chi connectivity index (χ2n) is 4.43. The maximum absolute atomic E-state index is 11.7. The van der Waals surface area contributed by atoms with Crippen molar-refractivity contribution >= 4 is 11.6 Å². The fourth-order valence-electron chi connectivity index (χ4n) is 1.82. The average Bonchev–Trinajstić information content (AvgIpc) is 2.39. The number of amides is 1. The number of carbonyl (C=O) groups excluding carboxylic acids is 1. The molecule has 0 fully saturated rings. The highest BCUT2D eigenvalue weighted by Crippen LogP contribution is 2.11. The van der Waals surface area contributed by atoms with E-state index in [1.807, 2.05) is 31.2 Å². The molecule has 0 heterocycles. The number of benzene rings is 1. The molecule has 0 aliphatic heterocycles. The smallest absolute Gasteiger partial charge is 0.251 e. The van der Waals surface area contributed by atoms with Crippen LogP contribution in [0.5, 0.6) is 0 Å². The summed E-state index contributed by atoms with van der Waals surface area (Å²) in [5, 5.41) is 6.17. The Morgan fingerprint density at radius 3 is 2.72 bits per heavy atom. The molecule has 0 unspecified atom stereocenters. The minimum atomic E-state index is -0.00728. The maximum Gasteiger partial charge on any atom is 0.251 e. The lowest BCUT2D eigenvalue weighted by molar-refractivity contribution is 0.0956. The molecule has 0 atom stereocenters. The van der Waals surface area contributed by atoms with Gasteiger partial charge in [0.15, 0.2) is 0 Å². The molecule has 1 amide bonds. The van der Waals surface area contributed by atoms with Gasteiger partial charge in [0.05, 0.1) is 0 Å². The van der Waals surface area contributed by atoms with Gasteiger partial charge in [-0.2, -0.15) is 0 Å². The number of anilines is 1. The van der Waals surface area contributed by atoms with E-state index in [1.54, 1.807) is 0 Å². The van der Waals surface area contributed by atoms with Crippen LogP contribution in [0.4, 0.5) is 5.69 Å². The van der Waals surface area contributed by atoms with Gasteiger partial charge >= 0.3 is 0 Å². The number of rotatable bonds is 8. The molecule has 2 N–H and O–H groups in total. The van der Waals surface area contributed by atoms with Crippen LogP contribution in [-0.4, -0.2) is 19.0 Å². The Morgan fingerprint density at radius 1 is 1.17 bits per heavy atom. The van der Waals surface area contributed by atoms with E-state index >= 15 is 0 Å². The van der Waals surface area contributed by atoms with Crippen LogP contribution in [0.1, 0.15) is 49.9 Å². The van der Waals surface area contributed by atoms with Crippen molar-refractivity contribution in [1.29, 1.82) is 0 Å². The third kappa shape index (κ3) is 5.21. The van der Waals surface area contributed by atoms with Crippen molar-refractivity contribution in [3.8, 4) is 0 Å². The van der Waals surface area contributed by atoms with Gasteiger partial charge in [0, 0.05) is 24.3 Å². The van der Waals surface area contributed by atoms with Gasteiger partial charge in [-0.3, -0.25) is 4.79 Å². The lowest BCUT2D eigenvalue weighted by Crippen LogP contribution is -2.22. The molecule has 0 aromatic heterocycles. The predicted molar refractivity (Wildman–Crippen MR) is 77.1 cm³/mol. The lowest BCUT2D eigenvalue weighted by Gasteiger charge is -2.08. The van der Waals surface area contributed by atoms with Crippen molar-refractivity contribution < 1.29 is 4.79 Å². The van der Waals surface area contributed by atoms with Crippen molar-refractivity contribution in [2.45, 2.75) is 39.5 Å². The molecular weight excluding hydrogens is 224 g/mol. The Bertz CT molecular complexity index is 363. The normalized spacial score (nSPS) is 10.1. The van der Waals surface area contributed by atoms with Crippen molar-refractivity contribution in [3.05, 3.63) is 29.8 Å². The van der Waals surface area contributed by atoms with E-state index in [2.05, 4.69) is 17.6 Å². The van der Waals surface area contributed by atoms with Gasteiger partial charge in [0.1, 0.15) is 0 Å². The second kappa shape index (κ2) is 8.56. The summed E-state index contributed by atoms with van der Waals surface area (Å²) in [6.07, 6.45) is 4.99. The summed E-state index contributed by atoms with van der Waals surface area (Å²) in [6.45, 7) is 5.77. The van der Waals surface area contributed by atoms with Gasteiger partial charge in [0.25, 0.3) is 5.91 Å². The summed E-state index contributed by atoms with van der Waals surface area (Å²) in [5.41, 5.74) is 1.74. The Kier molecular flexibility index (Phi) is 6.92. The highest BCUT2D eigenvalue weighted by molar-refractivity contribution is 5.95. The van der Waals surface area contributed by atoms with Crippen molar-refractivity contribution in [2.24, 2.45) is 0 Å². The highest BCUT2D eigenvalue weighted by Gasteiger charge is 2.03. The first-order valence-corrected chi connectivity index (χ1v) is 6.90. The van der Waals surface area contributed by atoms with Gasteiger partial charge in [-0.15, -0.1) is 0 Å². The van der Waals surface area contributed by atoms with Crippen LogP contribution in [0, 0.1) is 0 Å². The number of hydrogen-bond acceptors (Lipinski definition) is 2. The third-order valence-electron chi connectivity index (χ3n) is 2.82. The largest absolute Gasteiger partial charge is 0.385 e. The number of hydrogen-bond donors (Lipinski definition) is 2. The Morgan fingerprint density at radius 2 is 2.00 bits per heavy atom. The van der Waals surface area contributed by atoms with Crippen molar-refractivity contribution in [2.75, 3.05) is 18.4 Å².